The number of amides is 1. The molecule has 0 bridgehead atoms. The van der Waals surface area contributed by atoms with E-state index in [4.69, 9.17) is 11.6 Å². The van der Waals surface area contributed by atoms with Crippen molar-refractivity contribution >= 4 is 29.4 Å². The number of carbonyl (C=O) groups is 1. The Morgan fingerprint density at radius 1 is 1.31 bits per heavy atom. The Labute approximate surface area is 186 Å². The molecule has 0 unspecified atom stereocenters. The molecule has 0 radical (unpaired) electrons. The molecule has 11 heteroatoms. The molecule has 160 valence electrons. The second kappa shape index (κ2) is 9.20. The van der Waals surface area contributed by atoms with Gasteiger partial charge in [-0.1, -0.05) is 29.8 Å². The van der Waals surface area contributed by atoms with Crippen LogP contribution in [0.25, 0.3) is 5.69 Å². The molecule has 32 heavy (non-hydrogen) atoms. The summed E-state index contributed by atoms with van der Waals surface area (Å²) in [5, 5.41) is 28.7. The lowest BCUT2D eigenvalue weighted by molar-refractivity contribution is -0.385. The van der Waals surface area contributed by atoms with Gasteiger partial charge in [0, 0.05) is 16.7 Å². The monoisotopic (exact) mass is 450 g/mol. The van der Waals surface area contributed by atoms with E-state index in [1.165, 1.54) is 31.2 Å². The van der Waals surface area contributed by atoms with Crippen molar-refractivity contribution in [1.29, 1.82) is 5.26 Å². The van der Waals surface area contributed by atoms with Crippen LogP contribution in [-0.4, -0.2) is 26.8 Å². The van der Waals surface area contributed by atoms with Gasteiger partial charge in [-0.25, -0.2) is 5.43 Å². The van der Waals surface area contributed by atoms with Gasteiger partial charge in [-0.05, 0) is 37.6 Å². The number of halogens is 1. The van der Waals surface area contributed by atoms with E-state index in [2.05, 4.69) is 15.6 Å². The van der Waals surface area contributed by atoms with Gasteiger partial charge >= 0.3 is 0 Å². The average molecular weight is 451 g/mol. The smallest absolute Gasteiger partial charge is 0.266 e. The molecule has 0 aliphatic rings. The predicted octanol–water partition coefficient (Wildman–Crippen LogP) is 3.05. The first-order valence-corrected chi connectivity index (χ1v) is 9.49. The zero-order valence-electron chi connectivity index (χ0n) is 16.9. The van der Waals surface area contributed by atoms with Crippen molar-refractivity contribution in [2.24, 2.45) is 5.10 Å². The number of hydrogen-bond acceptors (Lipinski definition) is 7. The number of rotatable bonds is 5. The molecule has 1 amide bonds. The van der Waals surface area contributed by atoms with Crippen molar-refractivity contribution in [2.75, 3.05) is 0 Å². The van der Waals surface area contributed by atoms with Crippen molar-refractivity contribution in [3.63, 3.8) is 0 Å². The van der Waals surface area contributed by atoms with Gasteiger partial charge < -0.3 is 0 Å². The van der Waals surface area contributed by atoms with Crippen molar-refractivity contribution in [1.82, 2.24) is 15.2 Å². The summed E-state index contributed by atoms with van der Waals surface area (Å²) in [6.07, 6.45) is 1.12. The number of nitriles is 1. The van der Waals surface area contributed by atoms with Crippen molar-refractivity contribution in [3.05, 3.63) is 95.9 Å². The van der Waals surface area contributed by atoms with Crippen LogP contribution in [0, 0.1) is 35.3 Å². The molecular formula is C21H15ClN6O4. The largest absolute Gasteiger partial charge is 0.292 e. The quantitative estimate of drug-likeness (QED) is 0.359. The van der Waals surface area contributed by atoms with Gasteiger partial charge in [0.1, 0.15) is 11.6 Å². The third-order valence-electron chi connectivity index (χ3n) is 4.57. The lowest BCUT2D eigenvalue weighted by atomic mass is 10.1. The average Bonchev–Trinajstić information content (AvgIpc) is 2.76. The van der Waals surface area contributed by atoms with Crippen LogP contribution in [0.2, 0.25) is 5.02 Å². The van der Waals surface area contributed by atoms with Gasteiger partial charge in [-0.15, -0.1) is 0 Å². The number of aromatic nitrogens is 2. The number of nitro groups is 1. The molecule has 3 rings (SSSR count). The third kappa shape index (κ3) is 4.38. The lowest BCUT2D eigenvalue weighted by Crippen LogP contribution is -2.31. The normalized spacial score (nSPS) is 10.7. The molecule has 10 nitrogen and oxygen atoms in total. The molecule has 3 aromatic rings. The minimum Gasteiger partial charge on any atom is -0.266 e. The van der Waals surface area contributed by atoms with Gasteiger partial charge in [0.15, 0.2) is 5.69 Å². The van der Waals surface area contributed by atoms with Crippen LogP contribution >= 0.6 is 11.6 Å². The number of nitrogens with zero attached hydrogens (tertiary/aromatic N) is 5. The predicted molar refractivity (Wildman–Crippen MR) is 117 cm³/mol. The Morgan fingerprint density at radius 2 is 2.03 bits per heavy atom. The van der Waals surface area contributed by atoms with E-state index in [0.717, 1.165) is 16.5 Å². The summed E-state index contributed by atoms with van der Waals surface area (Å²) in [6, 6.07) is 12.4. The first-order valence-electron chi connectivity index (χ1n) is 9.12. The lowest BCUT2D eigenvalue weighted by Gasteiger charge is -2.11. The number of nitro benzene ring substituents is 1. The van der Waals surface area contributed by atoms with Crippen molar-refractivity contribution in [3.8, 4) is 11.8 Å². The molecular weight excluding hydrogens is 436 g/mol. The van der Waals surface area contributed by atoms with Crippen LogP contribution < -0.4 is 11.0 Å². The summed E-state index contributed by atoms with van der Waals surface area (Å²) in [4.78, 5) is 35.9. The van der Waals surface area contributed by atoms with E-state index in [1.807, 2.05) is 0 Å². The highest BCUT2D eigenvalue weighted by molar-refractivity contribution is 6.31. The number of hydrazone groups is 1. The second-order valence-corrected chi connectivity index (χ2v) is 7.03. The molecule has 0 aliphatic heterocycles. The Hall–Kier alpha value is -4.36. The van der Waals surface area contributed by atoms with E-state index in [9.17, 15) is 25.0 Å². The summed E-state index contributed by atoms with van der Waals surface area (Å²) in [5.41, 5.74) is 2.17. The van der Waals surface area contributed by atoms with Crippen molar-refractivity contribution < 1.29 is 9.72 Å². The molecule has 1 heterocycles. The Kier molecular flexibility index (Phi) is 6.42. The molecule has 0 saturated heterocycles. The summed E-state index contributed by atoms with van der Waals surface area (Å²) in [7, 11) is 0. The van der Waals surface area contributed by atoms with Crippen LogP contribution in [0.1, 0.15) is 32.7 Å². The first kappa shape index (κ1) is 22.3. The Morgan fingerprint density at radius 3 is 2.69 bits per heavy atom. The fraction of sp³-hybridized carbons (Fsp3) is 0.0952. The van der Waals surface area contributed by atoms with E-state index in [-0.39, 0.29) is 33.8 Å². The van der Waals surface area contributed by atoms with Gasteiger partial charge in [0.25, 0.3) is 17.2 Å². The summed E-state index contributed by atoms with van der Waals surface area (Å²) < 4.78 is 0.914. The number of aryl methyl sites for hydroxylation is 1. The molecule has 1 aromatic heterocycles. The highest BCUT2D eigenvalue weighted by Gasteiger charge is 2.20. The number of hydrogen-bond donors (Lipinski definition) is 1. The number of carbonyl (C=O) groups excluding carboxylic acids is 1. The standard InChI is InChI=1S/C21H15ClN6O4/c1-12-7-8-15(9-17(12)22)27-21(30)16(10-23)13(2)19(26-27)20(29)25-24-11-14-5-3-4-6-18(14)28(31)32/h3-9,11H,1-2H3,(H,25,29)/b24-11+. The SMILES string of the molecule is Cc1ccc(-n2nc(C(=O)N/N=C/c3ccccc3[N+](=O)[O-])c(C)c(C#N)c2=O)cc1Cl. The van der Waals surface area contributed by atoms with Gasteiger partial charge in [0.2, 0.25) is 0 Å². The molecule has 1 N–H and O–H groups in total. The van der Waals surface area contributed by atoms with Crippen LogP contribution in [0.15, 0.2) is 52.4 Å². The highest BCUT2D eigenvalue weighted by atomic mass is 35.5. The maximum atomic E-state index is 12.7. The van der Waals surface area contributed by atoms with E-state index < -0.39 is 16.4 Å². The third-order valence-corrected chi connectivity index (χ3v) is 4.97. The van der Waals surface area contributed by atoms with Crippen LogP contribution in [-0.2, 0) is 0 Å². The van der Waals surface area contributed by atoms with Crippen LogP contribution in [0.3, 0.4) is 0 Å². The summed E-state index contributed by atoms with van der Waals surface area (Å²) >= 11 is 6.13. The van der Waals surface area contributed by atoms with Gasteiger partial charge in [0.05, 0.1) is 22.4 Å². The Bertz CT molecular complexity index is 1370. The molecule has 0 atom stereocenters. The van der Waals surface area contributed by atoms with Gasteiger partial charge in [-0.2, -0.15) is 20.1 Å². The maximum absolute atomic E-state index is 12.7. The number of benzene rings is 2. The fourth-order valence-electron chi connectivity index (χ4n) is 2.82. The Balaban J connectivity index is 2.00. The molecule has 2 aromatic carbocycles. The minimum atomic E-state index is -0.805. The molecule has 0 aliphatic carbocycles. The maximum Gasteiger partial charge on any atom is 0.292 e. The number of para-hydroxylation sites is 1. The van der Waals surface area contributed by atoms with Gasteiger partial charge in [-0.3, -0.25) is 19.7 Å². The zero-order valence-corrected chi connectivity index (χ0v) is 17.6. The summed E-state index contributed by atoms with van der Waals surface area (Å²) in [5.74, 6) is -0.805. The number of nitrogens with one attached hydrogen (secondary N) is 1. The van der Waals surface area contributed by atoms with E-state index in [1.54, 1.807) is 31.2 Å². The van der Waals surface area contributed by atoms with Crippen LogP contribution in [0.4, 0.5) is 5.69 Å². The summed E-state index contributed by atoms with van der Waals surface area (Å²) in [6.45, 7) is 3.20. The highest BCUT2D eigenvalue weighted by Crippen LogP contribution is 2.19. The fourth-order valence-corrected chi connectivity index (χ4v) is 2.99. The van der Waals surface area contributed by atoms with E-state index in [0.29, 0.717) is 5.02 Å². The topological polar surface area (TPSA) is 143 Å². The minimum absolute atomic E-state index is 0.0744. The first-order chi connectivity index (χ1) is 15.2. The zero-order chi connectivity index (χ0) is 23.4. The van der Waals surface area contributed by atoms with Crippen LogP contribution in [0.5, 0.6) is 0 Å². The molecule has 0 spiro atoms. The van der Waals surface area contributed by atoms with Crippen molar-refractivity contribution in [2.45, 2.75) is 13.8 Å². The second-order valence-electron chi connectivity index (χ2n) is 6.63. The molecule has 0 fully saturated rings. The molecule has 0 saturated carbocycles. The van der Waals surface area contributed by atoms with E-state index >= 15 is 0 Å².